The Balaban J connectivity index is 1.48. The molecule has 0 aromatic carbocycles. The van der Waals surface area contributed by atoms with Crippen LogP contribution in [0.3, 0.4) is 0 Å². The van der Waals surface area contributed by atoms with E-state index in [0.717, 1.165) is 29.4 Å². The molecule has 0 saturated carbocycles. The van der Waals surface area contributed by atoms with E-state index in [2.05, 4.69) is 38.7 Å². The van der Waals surface area contributed by atoms with Gasteiger partial charge in [-0.2, -0.15) is 5.10 Å². The van der Waals surface area contributed by atoms with Crippen molar-refractivity contribution >= 4 is 17.0 Å². The van der Waals surface area contributed by atoms with Crippen LogP contribution in [-0.4, -0.2) is 14.8 Å². The van der Waals surface area contributed by atoms with Crippen molar-refractivity contribution in [1.29, 1.82) is 0 Å². The van der Waals surface area contributed by atoms with E-state index in [1.54, 1.807) is 16.0 Å². The third-order valence-corrected chi connectivity index (χ3v) is 4.39. The molecule has 22 heavy (non-hydrogen) atoms. The zero-order chi connectivity index (χ0) is 14.9. The summed E-state index contributed by atoms with van der Waals surface area (Å²) in [5.41, 5.74) is 5.49. The van der Waals surface area contributed by atoms with Gasteiger partial charge in [-0.1, -0.05) is 6.07 Å². The van der Waals surface area contributed by atoms with E-state index in [1.165, 1.54) is 4.88 Å². The molecule has 0 saturated heterocycles. The van der Waals surface area contributed by atoms with Gasteiger partial charge in [0, 0.05) is 29.9 Å². The minimum Gasteiger partial charge on any atom is -0.366 e. The molecule has 2 aromatic heterocycles. The van der Waals surface area contributed by atoms with Crippen LogP contribution in [0.4, 0.5) is 0 Å². The summed E-state index contributed by atoms with van der Waals surface area (Å²) in [7, 11) is 1.92. The van der Waals surface area contributed by atoms with E-state index in [9.17, 15) is 0 Å². The van der Waals surface area contributed by atoms with Gasteiger partial charge in [-0.05, 0) is 23.6 Å². The van der Waals surface area contributed by atoms with Crippen molar-refractivity contribution in [3.63, 3.8) is 0 Å². The average Bonchev–Trinajstić information content (AvgIpc) is 3.25. The Labute approximate surface area is 132 Å². The summed E-state index contributed by atoms with van der Waals surface area (Å²) in [6.07, 6.45) is 9.91. The summed E-state index contributed by atoms with van der Waals surface area (Å²) in [6.45, 7) is 0.812. The van der Waals surface area contributed by atoms with Gasteiger partial charge < -0.3 is 10.6 Å². The lowest BCUT2D eigenvalue weighted by Crippen LogP contribution is -2.41. The van der Waals surface area contributed by atoms with Crippen molar-refractivity contribution in [3.05, 3.63) is 70.3 Å². The minimum atomic E-state index is 0.812. The summed E-state index contributed by atoms with van der Waals surface area (Å²) >= 11 is 1.75. The molecule has 2 aromatic rings. The molecule has 3 N–H and O–H groups in total. The van der Waals surface area contributed by atoms with Crippen LogP contribution in [0.25, 0.3) is 5.70 Å². The lowest BCUT2D eigenvalue weighted by molar-refractivity contribution is 0.375. The van der Waals surface area contributed by atoms with Crippen LogP contribution in [0.5, 0.6) is 0 Å². The van der Waals surface area contributed by atoms with Crippen LogP contribution in [0.15, 0.2) is 59.9 Å². The normalized spacial score (nSPS) is 16.2. The maximum atomic E-state index is 4.23. The highest BCUT2D eigenvalue weighted by Gasteiger charge is 2.25. The monoisotopic (exact) mass is 312 g/mol. The van der Waals surface area contributed by atoms with Gasteiger partial charge in [0.1, 0.15) is 11.6 Å². The van der Waals surface area contributed by atoms with Crippen LogP contribution in [0.1, 0.15) is 10.4 Å². The van der Waals surface area contributed by atoms with E-state index in [4.69, 9.17) is 0 Å². The van der Waals surface area contributed by atoms with Crippen molar-refractivity contribution in [2.75, 3.05) is 0 Å². The predicted molar refractivity (Wildman–Crippen MR) is 86.6 cm³/mol. The maximum Gasteiger partial charge on any atom is 0.130 e. The molecule has 0 atom stereocenters. The zero-order valence-electron chi connectivity index (χ0n) is 12.1. The summed E-state index contributed by atoms with van der Waals surface area (Å²) in [4.78, 5) is 1.31. The molecular formula is C15H16N6S. The molecule has 0 fully saturated rings. The Morgan fingerprint density at radius 3 is 3.09 bits per heavy atom. The number of allylic oxidation sites excluding steroid dienone is 2. The van der Waals surface area contributed by atoms with Gasteiger partial charge in [0.05, 0.1) is 18.4 Å². The molecule has 0 radical (unpaired) electrons. The summed E-state index contributed by atoms with van der Waals surface area (Å²) in [6, 6.07) is 4.19. The van der Waals surface area contributed by atoms with Crippen molar-refractivity contribution in [2.24, 2.45) is 7.05 Å². The third kappa shape index (κ3) is 2.35. The Kier molecular flexibility index (Phi) is 3.12. The van der Waals surface area contributed by atoms with Crippen molar-refractivity contribution in [2.45, 2.75) is 6.54 Å². The van der Waals surface area contributed by atoms with Gasteiger partial charge >= 0.3 is 0 Å². The molecule has 2 aliphatic rings. The first-order chi connectivity index (χ1) is 10.8. The van der Waals surface area contributed by atoms with Crippen LogP contribution in [0.2, 0.25) is 0 Å². The van der Waals surface area contributed by atoms with E-state index in [1.807, 2.05) is 42.8 Å². The summed E-state index contributed by atoms with van der Waals surface area (Å²) in [5.74, 6) is 1.97. The van der Waals surface area contributed by atoms with Crippen LogP contribution < -0.4 is 16.1 Å². The molecule has 6 nitrogen and oxygen atoms in total. The molecule has 0 unspecified atom stereocenters. The summed E-state index contributed by atoms with van der Waals surface area (Å²) in [5, 5.41) is 15.0. The number of nitrogens with zero attached hydrogens (tertiary/aromatic N) is 3. The van der Waals surface area contributed by atoms with Gasteiger partial charge in [0.25, 0.3) is 0 Å². The third-order valence-electron chi connectivity index (χ3n) is 3.51. The van der Waals surface area contributed by atoms with Crippen molar-refractivity contribution < 1.29 is 0 Å². The Bertz CT molecular complexity index is 768. The van der Waals surface area contributed by atoms with Crippen LogP contribution in [0, 0.1) is 0 Å². The zero-order valence-corrected chi connectivity index (χ0v) is 12.9. The largest absolute Gasteiger partial charge is 0.366 e. The Hall–Kier alpha value is -2.67. The quantitative estimate of drug-likeness (QED) is 0.802. The molecule has 0 aliphatic carbocycles. The number of aromatic nitrogens is 2. The fourth-order valence-corrected chi connectivity index (χ4v) is 3.07. The van der Waals surface area contributed by atoms with E-state index < -0.39 is 0 Å². The van der Waals surface area contributed by atoms with Gasteiger partial charge in [0.15, 0.2) is 0 Å². The second-order valence-corrected chi connectivity index (χ2v) is 6.12. The average molecular weight is 312 g/mol. The van der Waals surface area contributed by atoms with E-state index >= 15 is 0 Å². The van der Waals surface area contributed by atoms with Gasteiger partial charge in [-0.25, -0.2) is 5.01 Å². The molecular weight excluding hydrogens is 296 g/mol. The second-order valence-electron chi connectivity index (χ2n) is 5.09. The molecule has 0 spiro atoms. The predicted octanol–water partition coefficient (Wildman–Crippen LogP) is 1.68. The lowest BCUT2D eigenvalue weighted by atomic mass is 10.2. The second kappa shape index (κ2) is 5.27. The molecule has 7 heteroatoms. The molecule has 0 amide bonds. The first-order valence-corrected chi connectivity index (χ1v) is 7.88. The molecule has 0 bridgehead atoms. The van der Waals surface area contributed by atoms with Gasteiger partial charge in [-0.3, -0.25) is 10.1 Å². The highest BCUT2D eigenvalue weighted by Crippen LogP contribution is 2.26. The number of nitrogens with one attached hydrogen (secondary N) is 3. The smallest absolute Gasteiger partial charge is 0.130 e. The first-order valence-electron chi connectivity index (χ1n) is 7.00. The number of hydrazine groups is 1. The highest BCUT2D eigenvalue weighted by atomic mass is 32.1. The minimum absolute atomic E-state index is 0.812. The number of rotatable bonds is 4. The number of thiophene rings is 1. The number of fused-ring (bicyclic) bond motifs is 1. The molecule has 4 heterocycles. The first kappa shape index (κ1) is 13.0. The van der Waals surface area contributed by atoms with Gasteiger partial charge in [-0.15, -0.1) is 11.3 Å². The van der Waals surface area contributed by atoms with E-state index in [0.29, 0.717) is 0 Å². The van der Waals surface area contributed by atoms with Crippen LogP contribution in [-0.2, 0) is 13.6 Å². The number of hydrogen-bond acceptors (Lipinski definition) is 6. The highest BCUT2D eigenvalue weighted by molar-refractivity contribution is 7.09. The Morgan fingerprint density at radius 2 is 2.32 bits per heavy atom. The summed E-state index contributed by atoms with van der Waals surface area (Å²) < 4.78 is 1.80. The fraction of sp³-hybridized carbons (Fsp3) is 0.133. The molecule has 2 aliphatic heterocycles. The molecule has 112 valence electrons. The van der Waals surface area contributed by atoms with E-state index in [-0.39, 0.29) is 0 Å². The van der Waals surface area contributed by atoms with Crippen LogP contribution >= 0.6 is 11.3 Å². The van der Waals surface area contributed by atoms with Gasteiger partial charge in [0.2, 0.25) is 0 Å². The topological polar surface area (TPSA) is 57.2 Å². The number of hydrogen-bond donors (Lipinski definition) is 3. The lowest BCUT2D eigenvalue weighted by Gasteiger charge is -2.28. The van der Waals surface area contributed by atoms with Crippen molar-refractivity contribution in [1.82, 2.24) is 30.8 Å². The van der Waals surface area contributed by atoms with Crippen molar-refractivity contribution in [3.8, 4) is 0 Å². The fourth-order valence-electron chi connectivity index (χ4n) is 2.42. The Morgan fingerprint density at radius 1 is 1.36 bits per heavy atom. The molecule has 4 rings (SSSR count). The standard InChI is InChI=1S/C15H16N6S/c1-20-10-11(7-18-20)13-9-17-15-5-4-14(19-21(13)15)16-8-12-3-2-6-22-12/h2-7,9-10,16-17,19H,8H2,1H3. The number of aryl methyl sites for hydroxylation is 1. The maximum absolute atomic E-state index is 4.23. The SMILES string of the molecule is Cn1cc(C2=CNC3=CC=C(NCc4cccs4)NN32)cn1.